The largest absolute Gasteiger partial charge is 0.444 e. The van der Waals surface area contributed by atoms with Gasteiger partial charge in [0.2, 0.25) is 5.91 Å². The minimum absolute atomic E-state index is 0.00546. The minimum atomic E-state index is -0.838. The summed E-state index contributed by atoms with van der Waals surface area (Å²) in [6.07, 6.45) is 1.77. The van der Waals surface area contributed by atoms with Gasteiger partial charge in [0.05, 0.1) is 18.1 Å². The number of benzene rings is 1. The van der Waals surface area contributed by atoms with Crippen molar-refractivity contribution in [3.05, 3.63) is 35.9 Å². The fraction of sp³-hybridized carbons (Fsp3) is 0.680. The highest BCUT2D eigenvalue weighted by Crippen LogP contribution is 2.26. The Balaban J connectivity index is 2.01. The first-order valence-electron chi connectivity index (χ1n) is 11.6. The summed E-state index contributed by atoms with van der Waals surface area (Å²) in [5.41, 5.74) is 0.111. The fourth-order valence-corrected chi connectivity index (χ4v) is 4.01. The smallest absolute Gasteiger partial charge is 0.407 e. The maximum Gasteiger partial charge on any atom is 0.407 e. The molecule has 1 aromatic carbocycles. The third-order valence-corrected chi connectivity index (χ3v) is 5.41. The highest BCUT2D eigenvalue weighted by atomic mass is 16.6. The minimum Gasteiger partial charge on any atom is -0.444 e. The normalized spacial score (nSPS) is 21.0. The lowest BCUT2D eigenvalue weighted by molar-refractivity contribution is -0.126. The topological polar surface area (TPSA) is 99.7 Å². The molecular weight excluding hydrogens is 406 g/mol. The number of carbonyl (C=O) groups is 2. The van der Waals surface area contributed by atoms with Gasteiger partial charge in [0, 0.05) is 18.1 Å². The molecule has 0 heterocycles. The van der Waals surface area contributed by atoms with Gasteiger partial charge in [-0.3, -0.25) is 4.79 Å². The maximum atomic E-state index is 12.7. The second kappa shape index (κ2) is 11.1. The average molecular weight is 448 g/mol. The van der Waals surface area contributed by atoms with E-state index in [1.807, 2.05) is 51.1 Å². The van der Waals surface area contributed by atoms with E-state index in [1.165, 1.54) is 0 Å². The standard InChI is InChI=1S/C25H41N3O4/c1-24(2,3)28-22(30)18-13-10-14-19(18)26-16-21(29)20(15-17-11-8-7-9-12-17)27-23(31)32-25(4,5)6/h7-9,11-12,18-21,26,29H,10,13-16H2,1-6H3,(H,27,31)(H,28,30)/t18-,19+,20-,21+/m0/s1. The second-order valence-electron chi connectivity index (χ2n) is 10.8. The summed E-state index contributed by atoms with van der Waals surface area (Å²) in [7, 11) is 0. The van der Waals surface area contributed by atoms with E-state index in [0.29, 0.717) is 6.42 Å². The Labute approximate surface area is 192 Å². The third-order valence-electron chi connectivity index (χ3n) is 5.41. The van der Waals surface area contributed by atoms with Gasteiger partial charge in [0.25, 0.3) is 0 Å². The van der Waals surface area contributed by atoms with E-state index in [2.05, 4.69) is 16.0 Å². The van der Waals surface area contributed by atoms with E-state index in [1.54, 1.807) is 20.8 Å². The summed E-state index contributed by atoms with van der Waals surface area (Å²) in [5, 5.41) is 20.2. The Morgan fingerprint density at radius 1 is 1.09 bits per heavy atom. The number of hydrogen-bond acceptors (Lipinski definition) is 5. The number of alkyl carbamates (subject to hydrolysis) is 1. The predicted molar refractivity (Wildman–Crippen MR) is 126 cm³/mol. The molecule has 32 heavy (non-hydrogen) atoms. The number of nitrogens with one attached hydrogen (secondary N) is 3. The zero-order chi connectivity index (χ0) is 23.9. The number of aliphatic hydroxyl groups is 1. The van der Waals surface area contributed by atoms with Crippen LogP contribution in [0.5, 0.6) is 0 Å². The lowest BCUT2D eigenvalue weighted by Crippen LogP contribution is -2.53. The van der Waals surface area contributed by atoms with Crippen molar-refractivity contribution < 1.29 is 19.4 Å². The van der Waals surface area contributed by atoms with E-state index in [4.69, 9.17) is 4.74 Å². The van der Waals surface area contributed by atoms with Gasteiger partial charge in [-0.1, -0.05) is 36.8 Å². The molecule has 1 aliphatic rings. The summed E-state index contributed by atoms with van der Waals surface area (Å²) in [6, 6.07) is 9.21. The molecule has 4 N–H and O–H groups in total. The monoisotopic (exact) mass is 447 g/mol. The molecule has 0 spiro atoms. The first kappa shape index (κ1) is 26.1. The van der Waals surface area contributed by atoms with Crippen LogP contribution in [0.1, 0.15) is 66.4 Å². The van der Waals surface area contributed by atoms with Crippen molar-refractivity contribution in [2.24, 2.45) is 5.92 Å². The van der Waals surface area contributed by atoms with Crippen LogP contribution in [0.4, 0.5) is 4.79 Å². The van der Waals surface area contributed by atoms with E-state index >= 15 is 0 Å². The molecule has 2 amide bonds. The maximum absolute atomic E-state index is 12.7. The number of hydrogen-bond donors (Lipinski definition) is 4. The van der Waals surface area contributed by atoms with Gasteiger partial charge in [-0.05, 0) is 66.4 Å². The average Bonchev–Trinajstić information content (AvgIpc) is 3.12. The second-order valence-corrected chi connectivity index (χ2v) is 10.8. The van der Waals surface area contributed by atoms with Crippen LogP contribution in [0, 0.1) is 5.92 Å². The molecule has 2 rings (SSSR count). The van der Waals surface area contributed by atoms with Gasteiger partial charge < -0.3 is 25.8 Å². The highest BCUT2D eigenvalue weighted by molar-refractivity contribution is 5.80. The number of aliphatic hydroxyl groups excluding tert-OH is 1. The van der Waals surface area contributed by atoms with E-state index in [-0.39, 0.29) is 30.0 Å². The quantitative estimate of drug-likeness (QED) is 0.491. The van der Waals surface area contributed by atoms with Crippen molar-refractivity contribution >= 4 is 12.0 Å². The molecule has 0 radical (unpaired) electrons. The van der Waals surface area contributed by atoms with Crippen molar-refractivity contribution in [2.45, 2.75) is 96.6 Å². The first-order chi connectivity index (χ1) is 14.8. The van der Waals surface area contributed by atoms with Gasteiger partial charge in [0.15, 0.2) is 0 Å². The molecule has 1 aromatic rings. The first-order valence-corrected chi connectivity index (χ1v) is 11.6. The van der Waals surface area contributed by atoms with Gasteiger partial charge >= 0.3 is 6.09 Å². The van der Waals surface area contributed by atoms with Crippen LogP contribution in [-0.2, 0) is 16.0 Å². The van der Waals surface area contributed by atoms with E-state index in [0.717, 1.165) is 24.8 Å². The molecule has 0 aromatic heterocycles. The van der Waals surface area contributed by atoms with Crippen molar-refractivity contribution in [3.8, 4) is 0 Å². The van der Waals surface area contributed by atoms with E-state index < -0.39 is 23.8 Å². The van der Waals surface area contributed by atoms with Crippen LogP contribution in [0.25, 0.3) is 0 Å². The summed E-state index contributed by atoms with van der Waals surface area (Å²) < 4.78 is 5.39. The summed E-state index contributed by atoms with van der Waals surface area (Å²) in [4.78, 5) is 25.1. The Morgan fingerprint density at radius 2 is 1.75 bits per heavy atom. The van der Waals surface area contributed by atoms with Gasteiger partial charge in [-0.25, -0.2) is 4.79 Å². The molecular formula is C25H41N3O4. The number of ether oxygens (including phenoxy) is 1. The Kier molecular flexibility index (Phi) is 9.10. The van der Waals surface area contributed by atoms with Crippen molar-refractivity contribution in [1.82, 2.24) is 16.0 Å². The SMILES string of the molecule is CC(C)(C)NC(=O)[C@H]1CCC[C@H]1NC[C@@H](O)[C@H](Cc1ccccc1)NC(=O)OC(C)(C)C. The molecule has 1 aliphatic carbocycles. The van der Waals surface area contributed by atoms with Gasteiger partial charge in [0.1, 0.15) is 5.60 Å². The molecule has 4 atom stereocenters. The summed E-state index contributed by atoms with van der Waals surface area (Å²) >= 11 is 0. The molecule has 0 saturated heterocycles. The number of amides is 2. The van der Waals surface area contributed by atoms with Crippen LogP contribution >= 0.6 is 0 Å². The third kappa shape index (κ3) is 9.17. The lowest BCUT2D eigenvalue weighted by Gasteiger charge is -2.29. The van der Waals surface area contributed by atoms with Crippen LogP contribution < -0.4 is 16.0 Å². The Bertz CT molecular complexity index is 740. The fourth-order valence-electron chi connectivity index (χ4n) is 4.01. The molecule has 180 valence electrons. The number of rotatable bonds is 8. The van der Waals surface area contributed by atoms with Crippen molar-refractivity contribution in [2.75, 3.05) is 6.54 Å². The molecule has 0 bridgehead atoms. The lowest BCUT2D eigenvalue weighted by atomic mass is 9.98. The molecule has 1 fully saturated rings. The Hall–Kier alpha value is -2.12. The van der Waals surface area contributed by atoms with Crippen molar-refractivity contribution in [3.63, 3.8) is 0 Å². The predicted octanol–water partition coefficient (Wildman–Crippen LogP) is 3.16. The van der Waals surface area contributed by atoms with Crippen molar-refractivity contribution in [1.29, 1.82) is 0 Å². The Morgan fingerprint density at radius 3 is 2.34 bits per heavy atom. The van der Waals surface area contributed by atoms with Gasteiger partial charge in [-0.2, -0.15) is 0 Å². The summed E-state index contributed by atoms with van der Waals surface area (Å²) in [6.45, 7) is 11.6. The zero-order valence-corrected chi connectivity index (χ0v) is 20.4. The number of carbonyl (C=O) groups excluding carboxylic acids is 2. The molecule has 1 saturated carbocycles. The van der Waals surface area contributed by atoms with Crippen LogP contribution in [-0.4, -0.2) is 53.0 Å². The zero-order valence-electron chi connectivity index (χ0n) is 20.4. The molecule has 7 heteroatoms. The molecule has 0 aliphatic heterocycles. The van der Waals surface area contributed by atoms with Crippen LogP contribution in [0.3, 0.4) is 0 Å². The molecule has 7 nitrogen and oxygen atoms in total. The van der Waals surface area contributed by atoms with E-state index in [9.17, 15) is 14.7 Å². The summed E-state index contributed by atoms with van der Waals surface area (Å²) in [5.74, 6) is -0.0671. The molecule has 0 unspecified atom stereocenters. The highest BCUT2D eigenvalue weighted by Gasteiger charge is 2.35. The van der Waals surface area contributed by atoms with Crippen LogP contribution in [0.15, 0.2) is 30.3 Å². The van der Waals surface area contributed by atoms with Gasteiger partial charge in [-0.15, -0.1) is 0 Å². The van der Waals surface area contributed by atoms with Crippen LogP contribution in [0.2, 0.25) is 0 Å².